The monoisotopic (exact) mass is 475 g/mol. The normalized spacial score (nSPS) is 16.5. The molecular weight excluding hydrogens is 450 g/mol. The first kappa shape index (κ1) is 20.6. The third-order valence-corrected chi connectivity index (χ3v) is 7.89. The first-order valence-electron chi connectivity index (χ1n) is 9.98. The van der Waals surface area contributed by atoms with E-state index in [0.717, 1.165) is 65.9 Å². The van der Waals surface area contributed by atoms with E-state index >= 15 is 0 Å². The number of aromatic amines is 1. The zero-order valence-electron chi connectivity index (χ0n) is 16.6. The minimum absolute atomic E-state index is 0.0203. The SMILES string of the molecule is CCN1CCN(Cc2c(CS(=O)(=O)c3ccc(Br)cc3)[nH]c3ccccc23)CC1. The predicted octanol–water partition coefficient (Wildman–Crippen LogP) is 4.04. The van der Waals surface area contributed by atoms with Crippen molar-refractivity contribution in [3.05, 3.63) is 64.3 Å². The van der Waals surface area contributed by atoms with Crippen molar-refractivity contribution in [1.29, 1.82) is 0 Å². The van der Waals surface area contributed by atoms with Crippen molar-refractivity contribution in [2.24, 2.45) is 0 Å². The molecule has 29 heavy (non-hydrogen) atoms. The molecule has 4 rings (SSSR count). The number of nitrogens with one attached hydrogen (secondary N) is 1. The lowest BCUT2D eigenvalue weighted by Crippen LogP contribution is -2.45. The number of fused-ring (bicyclic) bond motifs is 1. The summed E-state index contributed by atoms with van der Waals surface area (Å²) in [4.78, 5) is 8.61. The first-order chi connectivity index (χ1) is 14.0. The Labute approximate surface area is 180 Å². The lowest BCUT2D eigenvalue weighted by Gasteiger charge is -2.34. The summed E-state index contributed by atoms with van der Waals surface area (Å²) in [7, 11) is -3.43. The summed E-state index contributed by atoms with van der Waals surface area (Å²) in [6.45, 7) is 8.18. The van der Waals surface area contributed by atoms with Gasteiger partial charge in [0.15, 0.2) is 9.84 Å². The second kappa shape index (κ2) is 8.60. The average molecular weight is 476 g/mol. The molecule has 5 nitrogen and oxygen atoms in total. The Kier molecular flexibility index (Phi) is 6.11. The molecular formula is C22H26BrN3O2S. The molecule has 1 fully saturated rings. The average Bonchev–Trinajstić information content (AvgIpc) is 3.05. The van der Waals surface area contributed by atoms with Crippen LogP contribution in [0.4, 0.5) is 0 Å². The number of hydrogen-bond acceptors (Lipinski definition) is 4. The Morgan fingerprint density at radius 2 is 1.62 bits per heavy atom. The van der Waals surface area contributed by atoms with E-state index in [9.17, 15) is 8.42 Å². The van der Waals surface area contributed by atoms with Crippen LogP contribution in [-0.2, 0) is 22.1 Å². The van der Waals surface area contributed by atoms with Crippen LogP contribution < -0.4 is 0 Å². The van der Waals surface area contributed by atoms with Gasteiger partial charge in [-0.2, -0.15) is 0 Å². The molecule has 2 heterocycles. The molecule has 2 aromatic carbocycles. The number of para-hydroxylation sites is 1. The van der Waals surface area contributed by atoms with Gasteiger partial charge in [-0.25, -0.2) is 8.42 Å². The van der Waals surface area contributed by atoms with Gasteiger partial charge in [0.05, 0.1) is 10.6 Å². The van der Waals surface area contributed by atoms with Gasteiger partial charge < -0.3 is 9.88 Å². The molecule has 3 aromatic rings. The molecule has 0 atom stereocenters. The summed E-state index contributed by atoms with van der Waals surface area (Å²) in [5.41, 5.74) is 2.90. The van der Waals surface area contributed by atoms with Gasteiger partial charge in [0.25, 0.3) is 0 Å². The van der Waals surface area contributed by atoms with E-state index < -0.39 is 9.84 Å². The maximum absolute atomic E-state index is 13.1. The van der Waals surface area contributed by atoms with Crippen molar-refractivity contribution in [3.8, 4) is 0 Å². The molecule has 154 valence electrons. The molecule has 1 aliphatic rings. The van der Waals surface area contributed by atoms with Crippen LogP contribution >= 0.6 is 15.9 Å². The number of rotatable bonds is 6. The number of sulfone groups is 1. The van der Waals surface area contributed by atoms with Crippen molar-refractivity contribution in [2.75, 3.05) is 32.7 Å². The molecule has 1 N–H and O–H groups in total. The molecule has 7 heteroatoms. The van der Waals surface area contributed by atoms with E-state index in [4.69, 9.17) is 0 Å². The van der Waals surface area contributed by atoms with E-state index in [1.165, 1.54) is 0 Å². The quantitative estimate of drug-likeness (QED) is 0.584. The summed E-state index contributed by atoms with van der Waals surface area (Å²) >= 11 is 3.37. The van der Waals surface area contributed by atoms with Crippen molar-refractivity contribution < 1.29 is 8.42 Å². The fraction of sp³-hybridized carbons (Fsp3) is 0.364. The summed E-state index contributed by atoms with van der Waals surface area (Å²) < 4.78 is 27.0. The third-order valence-electron chi connectivity index (χ3n) is 5.70. The standard InChI is InChI=1S/C22H26BrN3O2S/c1-2-25-11-13-26(14-12-25)15-20-19-5-3-4-6-21(19)24-22(20)16-29(27,28)18-9-7-17(23)8-10-18/h3-10,24H,2,11-16H2,1H3. The molecule has 1 saturated heterocycles. The van der Waals surface area contributed by atoms with Crippen molar-refractivity contribution >= 4 is 36.7 Å². The number of aromatic nitrogens is 1. The van der Waals surface area contributed by atoms with Crippen LogP contribution in [0.2, 0.25) is 0 Å². The third kappa shape index (κ3) is 4.58. The minimum Gasteiger partial charge on any atom is -0.357 e. The largest absolute Gasteiger partial charge is 0.357 e. The molecule has 0 spiro atoms. The Morgan fingerprint density at radius 3 is 2.31 bits per heavy atom. The van der Waals surface area contributed by atoms with Crippen LogP contribution in [0.5, 0.6) is 0 Å². The molecule has 1 aliphatic heterocycles. The number of nitrogens with zero attached hydrogens (tertiary/aromatic N) is 2. The van der Waals surface area contributed by atoms with Crippen LogP contribution in [0.15, 0.2) is 57.9 Å². The fourth-order valence-corrected chi connectivity index (χ4v) is 5.57. The van der Waals surface area contributed by atoms with Crippen LogP contribution in [0.1, 0.15) is 18.2 Å². The maximum Gasteiger partial charge on any atom is 0.183 e. The Hall–Kier alpha value is -1.67. The molecule has 0 unspecified atom stereocenters. The van der Waals surface area contributed by atoms with Gasteiger partial charge in [0.2, 0.25) is 0 Å². The van der Waals surface area contributed by atoms with Crippen LogP contribution in [0, 0.1) is 0 Å². The number of piperazine rings is 1. The highest BCUT2D eigenvalue weighted by atomic mass is 79.9. The molecule has 0 saturated carbocycles. The zero-order chi connectivity index (χ0) is 20.4. The van der Waals surface area contributed by atoms with Crippen LogP contribution in [0.25, 0.3) is 10.9 Å². The number of likely N-dealkylation sites (N-methyl/N-ethyl adjacent to an activating group) is 1. The van der Waals surface area contributed by atoms with E-state index in [0.29, 0.717) is 4.90 Å². The smallest absolute Gasteiger partial charge is 0.183 e. The van der Waals surface area contributed by atoms with E-state index in [-0.39, 0.29) is 5.75 Å². The first-order valence-corrected chi connectivity index (χ1v) is 12.4. The van der Waals surface area contributed by atoms with E-state index in [1.54, 1.807) is 24.3 Å². The topological polar surface area (TPSA) is 56.4 Å². The number of benzene rings is 2. The number of H-pyrrole nitrogens is 1. The molecule has 1 aromatic heterocycles. The fourth-order valence-electron chi connectivity index (χ4n) is 3.96. The Bertz CT molecular complexity index is 1080. The summed E-state index contributed by atoms with van der Waals surface area (Å²) in [5, 5.41) is 1.12. The maximum atomic E-state index is 13.1. The number of hydrogen-bond donors (Lipinski definition) is 1. The van der Waals surface area contributed by atoms with E-state index in [1.807, 2.05) is 18.2 Å². The van der Waals surface area contributed by atoms with Gasteiger partial charge >= 0.3 is 0 Å². The van der Waals surface area contributed by atoms with Crippen molar-refractivity contribution in [1.82, 2.24) is 14.8 Å². The second-order valence-corrected chi connectivity index (χ2v) is 10.5. The lowest BCUT2D eigenvalue weighted by atomic mass is 10.1. The highest BCUT2D eigenvalue weighted by Gasteiger charge is 2.23. The van der Waals surface area contributed by atoms with Gasteiger partial charge in [-0.1, -0.05) is 41.1 Å². The molecule has 0 bridgehead atoms. The van der Waals surface area contributed by atoms with Gasteiger partial charge in [0, 0.05) is 53.8 Å². The van der Waals surface area contributed by atoms with Crippen LogP contribution in [-0.4, -0.2) is 55.9 Å². The highest BCUT2D eigenvalue weighted by molar-refractivity contribution is 9.10. The Morgan fingerprint density at radius 1 is 0.966 bits per heavy atom. The summed E-state index contributed by atoms with van der Waals surface area (Å²) in [6, 6.07) is 15.0. The van der Waals surface area contributed by atoms with Gasteiger partial charge in [-0.3, -0.25) is 4.90 Å². The lowest BCUT2D eigenvalue weighted by molar-refractivity contribution is 0.132. The van der Waals surface area contributed by atoms with Gasteiger partial charge in [0.1, 0.15) is 0 Å². The Balaban J connectivity index is 1.64. The van der Waals surface area contributed by atoms with Crippen molar-refractivity contribution in [2.45, 2.75) is 24.1 Å². The zero-order valence-corrected chi connectivity index (χ0v) is 19.0. The van der Waals surface area contributed by atoms with E-state index in [2.05, 4.69) is 43.7 Å². The second-order valence-electron chi connectivity index (χ2n) is 7.55. The van der Waals surface area contributed by atoms with Gasteiger partial charge in [-0.05, 0) is 42.4 Å². The summed E-state index contributed by atoms with van der Waals surface area (Å²) in [5.74, 6) is -0.0203. The highest BCUT2D eigenvalue weighted by Crippen LogP contribution is 2.28. The molecule has 0 aliphatic carbocycles. The van der Waals surface area contributed by atoms with Gasteiger partial charge in [-0.15, -0.1) is 0 Å². The summed E-state index contributed by atoms with van der Waals surface area (Å²) in [6.07, 6.45) is 0. The minimum atomic E-state index is -3.43. The molecule has 0 radical (unpaired) electrons. The van der Waals surface area contributed by atoms with Crippen molar-refractivity contribution in [3.63, 3.8) is 0 Å². The predicted molar refractivity (Wildman–Crippen MR) is 121 cm³/mol. The van der Waals surface area contributed by atoms with Crippen LogP contribution in [0.3, 0.4) is 0 Å². The number of halogens is 1. The molecule has 0 amide bonds.